The lowest BCUT2D eigenvalue weighted by Crippen LogP contribution is -2.22. The first-order chi connectivity index (χ1) is 14.7. The minimum absolute atomic E-state index is 0.138. The van der Waals surface area contributed by atoms with Crippen LogP contribution in [0.5, 0.6) is 0 Å². The van der Waals surface area contributed by atoms with E-state index >= 15 is 0 Å². The van der Waals surface area contributed by atoms with E-state index in [1.807, 2.05) is 0 Å². The predicted octanol–water partition coefficient (Wildman–Crippen LogP) is 4.30. The summed E-state index contributed by atoms with van der Waals surface area (Å²) >= 11 is 0. The van der Waals surface area contributed by atoms with Crippen molar-refractivity contribution in [2.75, 3.05) is 11.9 Å². The zero-order valence-corrected chi connectivity index (χ0v) is 15.4. The molecule has 0 atom stereocenters. The quantitative estimate of drug-likeness (QED) is 0.307. The number of hydrogen-bond acceptors (Lipinski definition) is 6. The first kappa shape index (κ1) is 24.1. The summed E-state index contributed by atoms with van der Waals surface area (Å²) in [7, 11) is 0. The lowest BCUT2D eigenvalue weighted by Gasteiger charge is -2.14. The fourth-order valence-electron chi connectivity index (χ4n) is 2.32. The lowest BCUT2D eigenvalue weighted by molar-refractivity contribution is -0.384. The van der Waals surface area contributed by atoms with Crippen molar-refractivity contribution in [2.24, 2.45) is 0 Å². The number of benzene rings is 2. The van der Waals surface area contributed by atoms with E-state index in [1.165, 1.54) is 0 Å². The molecule has 0 saturated heterocycles. The summed E-state index contributed by atoms with van der Waals surface area (Å²) in [6.45, 7) is -1.13. The van der Waals surface area contributed by atoms with E-state index < -0.39 is 58.1 Å². The van der Waals surface area contributed by atoms with Gasteiger partial charge in [-0.2, -0.15) is 31.6 Å². The van der Waals surface area contributed by atoms with Gasteiger partial charge >= 0.3 is 18.3 Å². The van der Waals surface area contributed by atoms with Crippen LogP contribution in [-0.4, -0.2) is 23.4 Å². The number of alkyl halides is 6. The highest BCUT2D eigenvalue weighted by atomic mass is 19.4. The molecule has 0 heterocycles. The van der Waals surface area contributed by atoms with Crippen LogP contribution < -0.4 is 5.32 Å². The summed E-state index contributed by atoms with van der Waals surface area (Å²) in [6, 6.07) is 4.51. The van der Waals surface area contributed by atoms with Crippen LogP contribution in [0.4, 0.5) is 37.7 Å². The maximum absolute atomic E-state index is 12.9. The Bertz CT molecular complexity index is 1090. The number of nitrogens with one attached hydrogen (secondary N) is 1. The van der Waals surface area contributed by atoms with Gasteiger partial charge < -0.3 is 10.1 Å². The summed E-state index contributed by atoms with van der Waals surface area (Å²) in [5, 5.41) is 21.8. The Morgan fingerprint density at radius 2 is 1.59 bits per heavy atom. The van der Waals surface area contributed by atoms with Crippen LogP contribution in [0.15, 0.2) is 36.4 Å². The van der Waals surface area contributed by atoms with Gasteiger partial charge in [-0.05, 0) is 24.3 Å². The molecule has 8 nitrogen and oxygen atoms in total. The van der Waals surface area contributed by atoms with Crippen LogP contribution in [0.3, 0.4) is 0 Å². The summed E-state index contributed by atoms with van der Waals surface area (Å²) in [5.41, 5.74) is -5.53. The molecule has 2 aromatic rings. The third-order valence-electron chi connectivity index (χ3n) is 3.77. The summed E-state index contributed by atoms with van der Waals surface area (Å²) in [6.07, 6.45) is -10.4. The lowest BCUT2D eigenvalue weighted by atomic mass is 10.0. The molecular formula is C18H9F6N3O5. The monoisotopic (exact) mass is 461 g/mol. The first-order valence-electron chi connectivity index (χ1n) is 8.17. The first-order valence-corrected chi connectivity index (χ1v) is 8.17. The number of halogens is 6. The number of ether oxygens (including phenoxy) is 1. The van der Waals surface area contributed by atoms with Gasteiger partial charge in [-0.15, -0.1) is 0 Å². The smallest absolute Gasteiger partial charge is 0.416 e. The van der Waals surface area contributed by atoms with E-state index in [1.54, 1.807) is 6.07 Å². The van der Waals surface area contributed by atoms with Crippen LogP contribution in [0.2, 0.25) is 0 Å². The second kappa shape index (κ2) is 8.92. The summed E-state index contributed by atoms with van der Waals surface area (Å²) in [5.74, 6) is -2.74. The average molecular weight is 461 g/mol. The Hall–Kier alpha value is -4.15. The van der Waals surface area contributed by atoms with Crippen molar-refractivity contribution in [3.05, 3.63) is 68.8 Å². The molecule has 0 unspecified atom stereocenters. The van der Waals surface area contributed by atoms with Crippen molar-refractivity contribution in [3.63, 3.8) is 0 Å². The maximum atomic E-state index is 12.9. The van der Waals surface area contributed by atoms with Crippen LogP contribution >= 0.6 is 0 Å². The predicted molar refractivity (Wildman–Crippen MR) is 93.2 cm³/mol. The number of amides is 1. The van der Waals surface area contributed by atoms with Gasteiger partial charge in [0.05, 0.1) is 32.9 Å². The van der Waals surface area contributed by atoms with E-state index in [-0.39, 0.29) is 29.4 Å². The molecule has 0 aliphatic carbocycles. The molecule has 0 radical (unpaired) electrons. The van der Waals surface area contributed by atoms with Crippen molar-refractivity contribution < 1.29 is 45.6 Å². The number of hydrogen-bond donors (Lipinski definition) is 1. The van der Waals surface area contributed by atoms with Gasteiger partial charge in [-0.1, -0.05) is 0 Å². The number of nitro benzene ring substituents is 1. The number of non-ortho nitro benzene ring substituents is 1. The highest BCUT2D eigenvalue weighted by molar-refractivity contribution is 5.96. The van der Waals surface area contributed by atoms with E-state index in [9.17, 15) is 46.0 Å². The van der Waals surface area contributed by atoms with Crippen LogP contribution in [-0.2, 0) is 21.9 Å². The third-order valence-corrected chi connectivity index (χ3v) is 3.77. The van der Waals surface area contributed by atoms with Crippen molar-refractivity contribution in [3.8, 4) is 6.07 Å². The molecule has 14 heteroatoms. The number of carbonyl (C=O) groups excluding carboxylic acids is 2. The number of nitro groups is 1. The highest BCUT2D eigenvalue weighted by Gasteiger charge is 2.37. The largest absolute Gasteiger partial charge is 0.452 e. The Labute approximate surface area is 174 Å². The number of anilines is 1. The normalized spacial score (nSPS) is 11.4. The minimum atomic E-state index is -5.18. The molecule has 2 aromatic carbocycles. The van der Waals surface area contributed by atoms with Gasteiger partial charge in [0.25, 0.3) is 11.6 Å². The number of nitriles is 1. The van der Waals surface area contributed by atoms with E-state index in [0.717, 1.165) is 18.2 Å². The SMILES string of the molecule is N#Cc1cc([N+](=O)[O-])ccc1NC(=O)COC(=O)c1cc(C(F)(F)F)cc(C(F)(F)F)c1. The highest BCUT2D eigenvalue weighted by Crippen LogP contribution is 2.36. The zero-order chi connectivity index (χ0) is 24.3. The van der Waals surface area contributed by atoms with Gasteiger partial charge in [0.1, 0.15) is 6.07 Å². The number of carbonyl (C=O) groups is 2. The molecule has 168 valence electrons. The Morgan fingerprint density at radius 3 is 2.06 bits per heavy atom. The Morgan fingerprint density at radius 1 is 1.03 bits per heavy atom. The topological polar surface area (TPSA) is 122 Å². The Balaban J connectivity index is 2.17. The second-order valence-electron chi connectivity index (χ2n) is 6.02. The number of rotatable bonds is 5. The van der Waals surface area contributed by atoms with E-state index in [2.05, 4.69) is 10.1 Å². The van der Waals surface area contributed by atoms with Crippen LogP contribution in [0, 0.1) is 21.4 Å². The molecule has 0 spiro atoms. The standard InChI is InChI=1S/C18H9F6N3O5/c19-17(20,21)11-3-9(4-12(6-11)18(22,23)24)16(29)32-8-15(28)26-14-2-1-13(27(30)31)5-10(14)7-25/h1-6H,8H2,(H,26,28). The molecule has 32 heavy (non-hydrogen) atoms. The molecule has 0 aliphatic rings. The number of esters is 1. The third kappa shape index (κ3) is 5.94. The van der Waals surface area contributed by atoms with Crippen molar-refractivity contribution in [1.82, 2.24) is 0 Å². The van der Waals surface area contributed by atoms with E-state index in [0.29, 0.717) is 0 Å². The Kier molecular flexibility index (Phi) is 6.72. The van der Waals surface area contributed by atoms with Gasteiger partial charge in [0.15, 0.2) is 6.61 Å². The van der Waals surface area contributed by atoms with Gasteiger partial charge in [0, 0.05) is 12.1 Å². The van der Waals surface area contributed by atoms with E-state index in [4.69, 9.17) is 5.26 Å². The fourth-order valence-corrected chi connectivity index (χ4v) is 2.32. The van der Waals surface area contributed by atoms with Gasteiger partial charge in [-0.3, -0.25) is 14.9 Å². The summed E-state index contributed by atoms with van der Waals surface area (Å²) in [4.78, 5) is 33.7. The molecule has 0 bridgehead atoms. The number of nitrogens with zero attached hydrogens (tertiary/aromatic N) is 2. The van der Waals surface area contributed by atoms with Crippen molar-refractivity contribution in [1.29, 1.82) is 5.26 Å². The maximum Gasteiger partial charge on any atom is 0.416 e. The summed E-state index contributed by atoms with van der Waals surface area (Å²) < 4.78 is 81.6. The molecule has 0 aromatic heterocycles. The molecule has 0 aliphatic heterocycles. The molecule has 2 rings (SSSR count). The van der Waals surface area contributed by atoms with Crippen LogP contribution in [0.1, 0.15) is 27.0 Å². The van der Waals surface area contributed by atoms with Crippen LogP contribution in [0.25, 0.3) is 0 Å². The molecular weight excluding hydrogens is 452 g/mol. The minimum Gasteiger partial charge on any atom is -0.452 e. The average Bonchev–Trinajstić information content (AvgIpc) is 2.70. The zero-order valence-electron chi connectivity index (χ0n) is 15.4. The van der Waals surface area contributed by atoms with Gasteiger partial charge in [0.2, 0.25) is 0 Å². The second-order valence-corrected chi connectivity index (χ2v) is 6.02. The van der Waals surface area contributed by atoms with Crippen molar-refractivity contribution >= 4 is 23.3 Å². The molecule has 0 fully saturated rings. The van der Waals surface area contributed by atoms with Crippen molar-refractivity contribution in [2.45, 2.75) is 12.4 Å². The molecule has 1 amide bonds. The fraction of sp³-hybridized carbons (Fsp3) is 0.167. The van der Waals surface area contributed by atoms with Gasteiger partial charge in [-0.25, -0.2) is 4.79 Å². The molecule has 0 saturated carbocycles. The molecule has 1 N–H and O–H groups in total.